The maximum Gasteiger partial charge on any atom is 0.435 e. The Morgan fingerprint density at radius 1 is 1.16 bits per heavy atom. The van der Waals surface area contributed by atoms with Crippen molar-refractivity contribution in [3.05, 3.63) is 45.6 Å². The number of hydrogen-bond acceptors (Lipinski definition) is 3. The van der Waals surface area contributed by atoms with Crippen molar-refractivity contribution in [2.45, 2.75) is 50.9 Å². The molecule has 2 saturated carbocycles. The van der Waals surface area contributed by atoms with Gasteiger partial charge in [-0.15, -0.1) is 0 Å². The van der Waals surface area contributed by atoms with Crippen LogP contribution in [0.4, 0.5) is 19.0 Å². The lowest BCUT2D eigenvalue weighted by molar-refractivity contribution is -0.141. The normalized spacial score (nSPS) is 29.1. The van der Waals surface area contributed by atoms with E-state index in [1.807, 2.05) is 0 Å². The topological polar surface area (TPSA) is 59.3 Å². The number of aromatic nitrogens is 2. The SMILES string of the molecule is CC1=Nc2cc(C(F)(F)F)nn2C(c2ccc(Cl)c(Cl)c2)C1C(=O)NC1CC2CCC1C2. The van der Waals surface area contributed by atoms with Gasteiger partial charge < -0.3 is 5.32 Å². The number of aliphatic imine (C=N–C) groups is 1. The number of amides is 1. The lowest BCUT2D eigenvalue weighted by Gasteiger charge is -2.33. The van der Waals surface area contributed by atoms with Gasteiger partial charge in [0.1, 0.15) is 5.92 Å². The molecule has 2 aliphatic carbocycles. The molecule has 3 aliphatic rings. The first kappa shape index (κ1) is 21.8. The smallest absolute Gasteiger partial charge is 0.352 e. The molecule has 1 N–H and O–H groups in total. The first-order valence-electron chi connectivity index (χ1n) is 10.6. The summed E-state index contributed by atoms with van der Waals surface area (Å²) >= 11 is 12.3. The second kappa shape index (κ2) is 7.76. The molecule has 5 nitrogen and oxygen atoms in total. The van der Waals surface area contributed by atoms with Gasteiger partial charge in [0.15, 0.2) is 11.5 Å². The summed E-state index contributed by atoms with van der Waals surface area (Å²) < 4.78 is 41.3. The summed E-state index contributed by atoms with van der Waals surface area (Å²) in [4.78, 5) is 17.8. The van der Waals surface area contributed by atoms with Gasteiger partial charge in [-0.2, -0.15) is 18.3 Å². The number of alkyl halides is 3. The molecule has 1 aliphatic heterocycles. The van der Waals surface area contributed by atoms with Gasteiger partial charge in [-0.1, -0.05) is 35.7 Å². The lowest BCUT2D eigenvalue weighted by atomic mass is 9.86. The fourth-order valence-corrected chi connectivity index (χ4v) is 5.79. The predicted octanol–water partition coefficient (Wildman–Crippen LogP) is 5.83. The van der Waals surface area contributed by atoms with Gasteiger partial charge in [0, 0.05) is 17.8 Å². The van der Waals surface area contributed by atoms with Crippen molar-refractivity contribution in [1.29, 1.82) is 0 Å². The third-order valence-electron chi connectivity index (χ3n) is 6.96. The second-order valence-electron chi connectivity index (χ2n) is 8.97. The summed E-state index contributed by atoms with van der Waals surface area (Å²) in [7, 11) is 0. The van der Waals surface area contributed by atoms with Crippen molar-refractivity contribution >= 4 is 40.6 Å². The quantitative estimate of drug-likeness (QED) is 0.595. The average molecular weight is 485 g/mol. The van der Waals surface area contributed by atoms with E-state index in [0.29, 0.717) is 28.1 Å². The highest BCUT2D eigenvalue weighted by Gasteiger charge is 2.45. The van der Waals surface area contributed by atoms with Crippen LogP contribution in [0.2, 0.25) is 10.0 Å². The van der Waals surface area contributed by atoms with Gasteiger partial charge in [0.05, 0.1) is 16.1 Å². The molecule has 1 aromatic heterocycles. The molecule has 1 aromatic carbocycles. The average Bonchev–Trinajstić information content (AvgIpc) is 3.43. The molecule has 170 valence electrons. The first-order chi connectivity index (χ1) is 15.1. The van der Waals surface area contributed by atoms with E-state index in [2.05, 4.69) is 15.4 Å². The van der Waals surface area contributed by atoms with Crippen LogP contribution in [0.25, 0.3) is 0 Å². The van der Waals surface area contributed by atoms with Gasteiger partial charge in [0.2, 0.25) is 5.91 Å². The molecule has 5 unspecified atom stereocenters. The minimum Gasteiger partial charge on any atom is -0.352 e. The van der Waals surface area contributed by atoms with Crippen molar-refractivity contribution in [2.24, 2.45) is 22.7 Å². The van der Waals surface area contributed by atoms with Crippen LogP contribution in [0.1, 0.15) is 49.9 Å². The maximum absolute atomic E-state index is 13.5. The zero-order chi connectivity index (χ0) is 22.8. The van der Waals surface area contributed by atoms with Crippen LogP contribution in [0.3, 0.4) is 0 Å². The highest BCUT2D eigenvalue weighted by Crippen LogP contribution is 2.45. The molecule has 2 fully saturated rings. The number of fused-ring (bicyclic) bond motifs is 3. The molecule has 1 amide bonds. The van der Waals surface area contributed by atoms with Gasteiger partial charge in [-0.25, -0.2) is 9.67 Å². The number of carbonyl (C=O) groups excluding carboxylic acids is 1. The lowest BCUT2D eigenvalue weighted by Crippen LogP contribution is -2.47. The van der Waals surface area contributed by atoms with Crippen LogP contribution in [-0.2, 0) is 11.0 Å². The fourth-order valence-electron chi connectivity index (χ4n) is 5.49. The molecule has 10 heteroatoms. The van der Waals surface area contributed by atoms with Crippen LogP contribution in [0.15, 0.2) is 29.3 Å². The zero-order valence-electron chi connectivity index (χ0n) is 17.2. The fraction of sp³-hybridized carbons (Fsp3) is 0.500. The molecular weight excluding hydrogens is 464 g/mol. The predicted molar refractivity (Wildman–Crippen MR) is 115 cm³/mol. The molecule has 5 rings (SSSR count). The molecule has 0 radical (unpaired) electrons. The number of rotatable bonds is 3. The van der Waals surface area contributed by atoms with E-state index in [9.17, 15) is 18.0 Å². The second-order valence-corrected chi connectivity index (χ2v) is 9.78. The van der Waals surface area contributed by atoms with Crippen LogP contribution in [0.5, 0.6) is 0 Å². The molecule has 5 atom stereocenters. The third kappa shape index (κ3) is 3.71. The molecule has 2 aromatic rings. The molecular formula is C22H21Cl2F3N4O. The van der Waals surface area contributed by atoms with Crippen molar-refractivity contribution in [2.75, 3.05) is 0 Å². The zero-order valence-corrected chi connectivity index (χ0v) is 18.7. The third-order valence-corrected chi connectivity index (χ3v) is 7.70. The van der Waals surface area contributed by atoms with E-state index in [1.165, 1.54) is 11.1 Å². The molecule has 0 saturated heterocycles. The van der Waals surface area contributed by atoms with Crippen molar-refractivity contribution < 1.29 is 18.0 Å². The standard InChI is InChI=1S/C22H21Cl2F3N4O/c1-10-19(21(32)29-16-7-11-2-3-12(16)6-11)20(13-4-5-14(23)15(24)8-13)31-18(28-10)9-17(30-31)22(25,26)27/h4-5,8-9,11-12,16,19-20H,2-3,6-7H2,1H3,(H,29,32). The monoisotopic (exact) mass is 484 g/mol. The Morgan fingerprint density at radius 3 is 2.56 bits per heavy atom. The summed E-state index contributed by atoms with van der Waals surface area (Å²) in [5, 5.41) is 7.53. The number of nitrogens with zero attached hydrogens (tertiary/aromatic N) is 3. The number of benzene rings is 1. The van der Waals surface area contributed by atoms with Gasteiger partial charge in [-0.3, -0.25) is 4.79 Å². The van der Waals surface area contributed by atoms with E-state index < -0.39 is 23.8 Å². The van der Waals surface area contributed by atoms with Crippen molar-refractivity contribution in [3.63, 3.8) is 0 Å². The van der Waals surface area contributed by atoms with Crippen LogP contribution >= 0.6 is 23.2 Å². The Hall–Kier alpha value is -2.06. The van der Waals surface area contributed by atoms with Crippen LogP contribution < -0.4 is 5.32 Å². The Bertz CT molecular complexity index is 1110. The Morgan fingerprint density at radius 2 is 1.94 bits per heavy atom. The highest BCUT2D eigenvalue weighted by molar-refractivity contribution is 6.42. The Labute approximate surface area is 193 Å². The summed E-state index contributed by atoms with van der Waals surface area (Å²) in [5.74, 6) is 0.0824. The molecule has 2 heterocycles. The van der Waals surface area contributed by atoms with Gasteiger partial charge in [-0.05, 0) is 55.7 Å². The summed E-state index contributed by atoms with van der Waals surface area (Å²) in [5.41, 5.74) is -0.0778. The Kier molecular flexibility index (Phi) is 5.28. The maximum atomic E-state index is 13.5. The molecule has 2 bridgehead atoms. The number of nitrogens with one attached hydrogen (secondary N) is 1. The van der Waals surface area contributed by atoms with Crippen LogP contribution in [0, 0.1) is 17.8 Å². The number of hydrogen-bond donors (Lipinski definition) is 1. The van der Waals surface area contributed by atoms with E-state index in [-0.39, 0.29) is 22.8 Å². The Balaban J connectivity index is 1.55. The minimum absolute atomic E-state index is 0.0508. The van der Waals surface area contributed by atoms with E-state index in [1.54, 1.807) is 25.1 Å². The molecule has 32 heavy (non-hydrogen) atoms. The van der Waals surface area contributed by atoms with Crippen molar-refractivity contribution in [3.8, 4) is 0 Å². The minimum atomic E-state index is -4.63. The number of halogens is 5. The highest BCUT2D eigenvalue weighted by atomic mass is 35.5. The summed E-state index contributed by atoms with van der Waals surface area (Å²) in [6.07, 6.45) is -0.262. The molecule has 0 spiro atoms. The van der Waals surface area contributed by atoms with E-state index >= 15 is 0 Å². The van der Waals surface area contributed by atoms with E-state index in [0.717, 1.165) is 25.3 Å². The van der Waals surface area contributed by atoms with Crippen LogP contribution in [-0.4, -0.2) is 27.4 Å². The van der Waals surface area contributed by atoms with Gasteiger partial charge in [0.25, 0.3) is 0 Å². The summed E-state index contributed by atoms with van der Waals surface area (Å²) in [6, 6.07) is 4.97. The number of carbonyl (C=O) groups is 1. The van der Waals surface area contributed by atoms with Gasteiger partial charge >= 0.3 is 6.18 Å². The largest absolute Gasteiger partial charge is 0.435 e. The van der Waals surface area contributed by atoms with Crippen molar-refractivity contribution in [1.82, 2.24) is 15.1 Å². The van der Waals surface area contributed by atoms with E-state index in [4.69, 9.17) is 23.2 Å². The first-order valence-corrected chi connectivity index (χ1v) is 11.3. The summed E-state index contributed by atoms with van der Waals surface area (Å²) in [6.45, 7) is 1.67.